The number of pyridine rings is 1. The molecule has 0 radical (unpaired) electrons. The minimum Gasteiger partial charge on any atom is -0.309 e. The molecule has 0 aliphatic heterocycles. The summed E-state index contributed by atoms with van der Waals surface area (Å²) in [6.45, 7) is 5.33. The summed E-state index contributed by atoms with van der Waals surface area (Å²) < 4.78 is 0. The van der Waals surface area contributed by atoms with Crippen LogP contribution in [-0.2, 0) is 0 Å². The van der Waals surface area contributed by atoms with Crippen molar-refractivity contribution in [3.05, 3.63) is 29.6 Å². The first kappa shape index (κ1) is 11.6. The number of rotatable bonds is 5. The monoisotopic (exact) mass is 218 g/mol. The molecule has 1 heterocycles. The maximum absolute atomic E-state index is 4.51. The van der Waals surface area contributed by atoms with E-state index in [0.29, 0.717) is 6.04 Å². The van der Waals surface area contributed by atoms with Gasteiger partial charge in [0.1, 0.15) is 0 Å². The molecular formula is C14H22N2. The van der Waals surface area contributed by atoms with Crippen LogP contribution in [0.1, 0.15) is 49.9 Å². The number of hydrogen-bond acceptors (Lipinski definition) is 2. The molecule has 2 heteroatoms. The zero-order chi connectivity index (χ0) is 11.4. The van der Waals surface area contributed by atoms with Crippen LogP contribution < -0.4 is 5.32 Å². The number of aromatic nitrogens is 1. The van der Waals surface area contributed by atoms with Crippen molar-refractivity contribution in [1.29, 1.82) is 0 Å². The van der Waals surface area contributed by atoms with E-state index in [4.69, 9.17) is 0 Å². The van der Waals surface area contributed by atoms with Crippen molar-refractivity contribution in [1.82, 2.24) is 10.3 Å². The van der Waals surface area contributed by atoms with Gasteiger partial charge in [0, 0.05) is 12.2 Å². The highest BCUT2D eigenvalue weighted by atomic mass is 14.9. The number of nitrogens with zero attached hydrogens (tertiary/aromatic N) is 1. The summed E-state index contributed by atoms with van der Waals surface area (Å²) in [4.78, 5) is 4.51. The molecule has 1 atom stereocenters. The lowest BCUT2D eigenvalue weighted by atomic mass is 9.80. The Bertz CT molecular complexity index is 331. The lowest BCUT2D eigenvalue weighted by molar-refractivity contribution is 0.260. The van der Waals surface area contributed by atoms with E-state index < -0.39 is 0 Å². The molecule has 1 aliphatic carbocycles. The molecule has 1 N–H and O–H groups in total. The third-order valence-electron chi connectivity index (χ3n) is 3.54. The van der Waals surface area contributed by atoms with Crippen molar-refractivity contribution in [2.75, 3.05) is 6.54 Å². The molecule has 16 heavy (non-hydrogen) atoms. The van der Waals surface area contributed by atoms with Gasteiger partial charge in [0.25, 0.3) is 0 Å². The molecule has 2 rings (SSSR count). The van der Waals surface area contributed by atoms with Crippen LogP contribution in [0.5, 0.6) is 0 Å². The predicted octanol–water partition coefficient (Wildman–Crippen LogP) is 3.23. The van der Waals surface area contributed by atoms with E-state index in [0.717, 1.165) is 12.5 Å². The zero-order valence-corrected chi connectivity index (χ0v) is 10.4. The highest BCUT2D eigenvalue weighted by molar-refractivity contribution is 5.17. The molecular weight excluding hydrogens is 196 g/mol. The summed E-state index contributed by atoms with van der Waals surface area (Å²) in [6.07, 6.45) is 7.42. The molecule has 1 aromatic heterocycles. The van der Waals surface area contributed by atoms with E-state index in [9.17, 15) is 0 Å². The van der Waals surface area contributed by atoms with Crippen LogP contribution in [0.3, 0.4) is 0 Å². The molecule has 0 bridgehead atoms. The van der Waals surface area contributed by atoms with Gasteiger partial charge in [0.05, 0.1) is 5.69 Å². The fraction of sp³-hybridized carbons (Fsp3) is 0.643. The number of hydrogen-bond donors (Lipinski definition) is 1. The molecule has 1 unspecified atom stereocenters. The highest BCUT2D eigenvalue weighted by Gasteiger charge is 2.23. The summed E-state index contributed by atoms with van der Waals surface area (Å²) in [5, 5.41) is 3.56. The van der Waals surface area contributed by atoms with Gasteiger partial charge in [-0.2, -0.15) is 0 Å². The van der Waals surface area contributed by atoms with E-state index in [2.05, 4.69) is 36.3 Å². The quantitative estimate of drug-likeness (QED) is 0.820. The highest BCUT2D eigenvalue weighted by Crippen LogP contribution is 2.34. The average molecular weight is 218 g/mol. The first-order valence-electron chi connectivity index (χ1n) is 6.45. The third-order valence-corrected chi connectivity index (χ3v) is 3.54. The summed E-state index contributed by atoms with van der Waals surface area (Å²) in [5.41, 5.74) is 2.52. The van der Waals surface area contributed by atoms with Crippen LogP contribution in [0, 0.1) is 12.8 Å². The van der Waals surface area contributed by atoms with Gasteiger partial charge in [-0.05, 0) is 43.5 Å². The van der Waals surface area contributed by atoms with Gasteiger partial charge >= 0.3 is 0 Å². The Labute approximate surface area is 98.5 Å². The van der Waals surface area contributed by atoms with Crippen LogP contribution >= 0.6 is 0 Å². The van der Waals surface area contributed by atoms with Crippen molar-refractivity contribution in [3.8, 4) is 0 Å². The summed E-state index contributed by atoms with van der Waals surface area (Å²) >= 11 is 0. The van der Waals surface area contributed by atoms with Crippen LogP contribution in [-0.4, -0.2) is 11.5 Å². The fourth-order valence-corrected chi connectivity index (χ4v) is 2.37. The number of aryl methyl sites for hydroxylation is 1. The van der Waals surface area contributed by atoms with Gasteiger partial charge < -0.3 is 5.32 Å². The van der Waals surface area contributed by atoms with Gasteiger partial charge in [-0.15, -0.1) is 0 Å². The molecule has 2 nitrogen and oxygen atoms in total. The molecule has 88 valence electrons. The molecule has 1 fully saturated rings. The van der Waals surface area contributed by atoms with Crippen molar-refractivity contribution < 1.29 is 0 Å². The van der Waals surface area contributed by atoms with E-state index in [-0.39, 0.29) is 0 Å². The van der Waals surface area contributed by atoms with Crippen molar-refractivity contribution in [3.63, 3.8) is 0 Å². The maximum atomic E-state index is 4.51. The second-order valence-corrected chi connectivity index (χ2v) is 4.90. The molecule has 0 amide bonds. The zero-order valence-electron chi connectivity index (χ0n) is 10.4. The van der Waals surface area contributed by atoms with Gasteiger partial charge in [0.2, 0.25) is 0 Å². The molecule has 1 saturated carbocycles. The Morgan fingerprint density at radius 3 is 2.88 bits per heavy atom. The molecule has 1 aromatic rings. The summed E-state index contributed by atoms with van der Waals surface area (Å²) in [5.74, 6) is 0.923. The van der Waals surface area contributed by atoms with Crippen molar-refractivity contribution in [2.45, 2.75) is 45.6 Å². The van der Waals surface area contributed by atoms with Gasteiger partial charge in [-0.1, -0.05) is 26.2 Å². The second kappa shape index (κ2) is 5.44. The summed E-state index contributed by atoms with van der Waals surface area (Å²) in [7, 11) is 0. The Hall–Kier alpha value is -0.890. The van der Waals surface area contributed by atoms with Gasteiger partial charge in [-0.3, -0.25) is 4.98 Å². The van der Waals surface area contributed by atoms with E-state index in [1.807, 2.05) is 6.20 Å². The van der Waals surface area contributed by atoms with Crippen molar-refractivity contribution >= 4 is 0 Å². The third kappa shape index (κ3) is 2.82. The predicted molar refractivity (Wildman–Crippen MR) is 67.3 cm³/mol. The largest absolute Gasteiger partial charge is 0.309 e. The normalized spacial score (nSPS) is 18.1. The second-order valence-electron chi connectivity index (χ2n) is 4.90. The number of nitrogens with one attached hydrogen (secondary N) is 1. The smallest absolute Gasteiger partial charge is 0.0575 e. The van der Waals surface area contributed by atoms with Crippen LogP contribution in [0.15, 0.2) is 18.3 Å². The lowest BCUT2D eigenvalue weighted by Crippen LogP contribution is -2.26. The standard InChI is InChI=1S/C14H22N2/c1-3-15-14(10-12-5-4-6-12)13-9-11(2)7-8-16-13/h7-9,12,14-15H,3-6,10H2,1-2H3. The van der Waals surface area contributed by atoms with E-state index in [1.165, 1.54) is 36.9 Å². The van der Waals surface area contributed by atoms with E-state index >= 15 is 0 Å². The molecule has 1 aliphatic rings. The Kier molecular flexibility index (Phi) is 3.94. The van der Waals surface area contributed by atoms with Crippen LogP contribution in [0.4, 0.5) is 0 Å². The van der Waals surface area contributed by atoms with Gasteiger partial charge in [0.15, 0.2) is 0 Å². The topological polar surface area (TPSA) is 24.9 Å². The fourth-order valence-electron chi connectivity index (χ4n) is 2.37. The van der Waals surface area contributed by atoms with Crippen LogP contribution in [0.25, 0.3) is 0 Å². The van der Waals surface area contributed by atoms with E-state index in [1.54, 1.807) is 0 Å². The summed E-state index contributed by atoms with van der Waals surface area (Å²) in [6, 6.07) is 4.73. The molecule has 0 saturated heterocycles. The Balaban J connectivity index is 2.04. The first-order valence-corrected chi connectivity index (χ1v) is 6.45. The van der Waals surface area contributed by atoms with Gasteiger partial charge in [-0.25, -0.2) is 0 Å². The maximum Gasteiger partial charge on any atom is 0.0575 e. The Morgan fingerprint density at radius 2 is 2.31 bits per heavy atom. The SMILES string of the molecule is CCNC(CC1CCC1)c1cc(C)ccn1. The minimum absolute atomic E-state index is 0.454. The average Bonchev–Trinajstić information content (AvgIpc) is 2.21. The molecule has 0 spiro atoms. The van der Waals surface area contributed by atoms with Crippen LogP contribution in [0.2, 0.25) is 0 Å². The Morgan fingerprint density at radius 1 is 1.50 bits per heavy atom. The lowest BCUT2D eigenvalue weighted by Gasteiger charge is -2.30. The van der Waals surface area contributed by atoms with Crippen molar-refractivity contribution in [2.24, 2.45) is 5.92 Å². The molecule has 0 aromatic carbocycles. The minimum atomic E-state index is 0.454. The first-order chi connectivity index (χ1) is 7.79.